The highest BCUT2D eigenvalue weighted by Crippen LogP contribution is 2.37. The molecule has 0 radical (unpaired) electrons. The van der Waals surface area contributed by atoms with Gasteiger partial charge in [-0.15, -0.1) is 12.4 Å². The van der Waals surface area contributed by atoms with Gasteiger partial charge in [0, 0.05) is 25.7 Å². The van der Waals surface area contributed by atoms with Crippen LogP contribution in [0.15, 0.2) is 18.2 Å². The van der Waals surface area contributed by atoms with E-state index in [-0.39, 0.29) is 12.4 Å². The Morgan fingerprint density at radius 1 is 1.20 bits per heavy atom. The minimum atomic E-state index is 0. The van der Waals surface area contributed by atoms with E-state index in [1.54, 1.807) is 0 Å². The first-order valence-corrected chi connectivity index (χ1v) is 7.81. The van der Waals surface area contributed by atoms with Gasteiger partial charge in [0.05, 0.1) is 10.0 Å². The van der Waals surface area contributed by atoms with Crippen LogP contribution in [-0.2, 0) is 6.54 Å². The molecule has 1 aromatic rings. The molecule has 1 aliphatic carbocycles. The Balaban J connectivity index is 0.00000147. The van der Waals surface area contributed by atoms with Crippen LogP contribution in [0.4, 0.5) is 0 Å². The van der Waals surface area contributed by atoms with Crippen molar-refractivity contribution in [3.8, 4) is 0 Å². The molecule has 3 atom stereocenters. The van der Waals surface area contributed by atoms with Crippen LogP contribution < -0.4 is 5.73 Å². The molecule has 20 heavy (non-hydrogen) atoms. The summed E-state index contributed by atoms with van der Waals surface area (Å²) in [4.78, 5) is 2.48. The van der Waals surface area contributed by atoms with Crippen LogP contribution >= 0.6 is 35.6 Å². The minimum absolute atomic E-state index is 0. The van der Waals surface area contributed by atoms with Crippen molar-refractivity contribution in [3.63, 3.8) is 0 Å². The third kappa shape index (κ3) is 3.26. The number of nitrogens with zero attached hydrogens (tertiary/aromatic N) is 1. The minimum Gasteiger partial charge on any atom is -0.327 e. The van der Waals surface area contributed by atoms with E-state index in [1.807, 2.05) is 12.1 Å². The lowest BCUT2D eigenvalue weighted by Crippen LogP contribution is -2.38. The Kier molecular flexibility index (Phi) is 5.61. The fraction of sp³-hybridized carbons (Fsp3) is 0.600. The zero-order chi connectivity index (χ0) is 13.4. The molecule has 112 valence electrons. The van der Waals surface area contributed by atoms with Crippen LogP contribution in [0, 0.1) is 11.8 Å². The van der Waals surface area contributed by atoms with Crippen LogP contribution in [0.1, 0.15) is 24.8 Å². The predicted molar refractivity (Wildman–Crippen MR) is 87.8 cm³/mol. The van der Waals surface area contributed by atoms with E-state index in [0.717, 1.165) is 31.1 Å². The lowest BCUT2D eigenvalue weighted by molar-refractivity contribution is 0.259. The summed E-state index contributed by atoms with van der Waals surface area (Å²) in [5.41, 5.74) is 7.38. The monoisotopic (exact) mass is 334 g/mol. The zero-order valence-corrected chi connectivity index (χ0v) is 13.7. The van der Waals surface area contributed by atoms with E-state index in [1.165, 1.54) is 19.3 Å². The van der Waals surface area contributed by atoms with E-state index in [0.29, 0.717) is 22.0 Å². The number of benzene rings is 1. The lowest BCUT2D eigenvalue weighted by Gasteiger charge is -2.29. The SMILES string of the molecule is Cl.NC1CCCC2CN(Cc3cccc(Cl)c3Cl)CC12. The van der Waals surface area contributed by atoms with Crippen molar-refractivity contribution in [2.24, 2.45) is 17.6 Å². The molecule has 3 rings (SSSR count). The third-order valence-electron chi connectivity index (χ3n) is 4.66. The number of nitrogens with two attached hydrogens (primary N) is 1. The van der Waals surface area contributed by atoms with Crippen LogP contribution in [0.25, 0.3) is 0 Å². The molecule has 0 aromatic heterocycles. The molecule has 1 aliphatic heterocycles. The lowest BCUT2D eigenvalue weighted by atomic mass is 9.78. The van der Waals surface area contributed by atoms with Crippen molar-refractivity contribution in [2.45, 2.75) is 31.8 Å². The van der Waals surface area contributed by atoms with Gasteiger partial charge in [-0.3, -0.25) is 4.90 Å². The summed E-state index contributed by atoms with van der Waals surface area (Å²) >= 11 is 12.3. The maximum atomic E-state index is 6.27. The summed E-state index contributed by atoms with van der Waals surface area (Å²) in [6.07, 6.45) is 3.80. The summed E-state index contributed by atoms with van der Waals surface area (Å²) in [7, 11) is 0. The predicted octanol–water partition coefficient (Wildman–Crippen LogP) is 3.97. The van der Waals surface area contributed by atoms with Crippen LogP contribution in [0.2, 0.25) is 10.0 Å². The van der Waals surface area contributed by atoms with Crippen molar-refractivity contribution in [1.29, 1.82) is 0 Å². The van der Waals surface area contributed by atoms with E-state index < -0.39 is 0 Å². The molecule has 2 fully saturated rings. The Bertz CT molecular complexity index is 466. The molecule has 1 saturated heterocycles. The highest BCUT2D eigenvalue weighted by atomic mass is 35.5. The van der Waals surface area contributed by atoms with Crippen molar-refractivity contribution in [1.82, 2.24) is 4.90 Å². The van der Waals surface area contributed by atoms with Gasteiger partial charge in [0.1, 0.15) is 0 Å². The van der Waals surface area contributed by atoms with Gasteiger partial charge in [-0.2, -0.15) is 0 Å². The quantitative estimate of drug-likeness (QED) is 0.886. The van der Waals surface area contributed by atoms with Crippen LogP contribution in [0.3, 0.4) is 0 Å². The molecule has 1 saturated carbocycles. The van der Waals surface area contributed by atoms with Crippen molar-refractivity contribution >= 4 is 35.6 Å². The maximum Gasteiger partial charge on any atom is 0.0637 e. The molecule has 1 aromatic carbocycles. The number of rotatable bonds is 2. The molecule has 5 heteroatoms. The fourth-order valence-electron chi connectivity index (χ4n) is 3.65. The highest BCUT2D eigenvalue weighted by molar-refractivity contribution is 6.42. The molecule has 0 bridgehead atoms. The maximum absolute atomic E-state index is 6.27. The second-order valence-corrected chi connectivity index (χ2v) is 6.71. The second kappa shape index (κ2) is 6.85. The van der Waals surface area contributed by atoms with Crippen LogP contribution in [0.5, 0.6) is 0 Å². The summed E-state index contributed by atoms with van der Waals surface area (Å²) in [6.45, 7) is 3.15. The molecule has 1 heterocycles. The molecule has 2 nitrogen and oxygen atoms in total. The molecule has 3 unspecified atom stereocenters. The summed E-state index contributed by atoms with van der Waals surface area (Å²) < 4.78 is 0. The van der Waals surface area contributed by atoms with Gasteiger partial charge in [-0.05, 0) is 36.3 Å². The van der Waals surface area contributed by atoms with Crippen molar-refractivity contribution in [2.75, 3.05) is 13.1 Å². The number of hydrogen-bond acceptors (Lipinski definition) is 2. The van der Waals surface area contributed by atoms with Gasteiger partial charge in [0.25, 0.3) is 0 Å². The Morgan fingerprint density at radius 2 is 2.00 bits per heavy atom. The standard InChI is InChI=1S/C15H20Cl2N2.ClH/c16-13-5-1-4-11(15(13)17)8-19-7-10-3-2-6-14(18)12(10)9-19;/h1,4-5,10,12,14H,2-3,6-9,18H2;1H. The van der Waals surface area contributed by atoms with Gasteiger partial charge in [0.15, 0.2) is 0 Å². The Labute approximate surface area is 137 Å². The molecule has 0 amide bonds. The average molecular weight is 336 g/mol. The fourth-order valence-corrected chi connectivity index (χ4v) is 4.03. The number of hydrogen-bond donors (Lipinski definition) is 1. The van der Waals surface area contributed by atoms with Gasteiger partial charge < -0.3 is 5.73 Å². The second-order valence-electron chi connectivity index (χ2n) is 5.93. The molecular weight excluding hydrogens is 315 g/mol. The Morgan fingerprint density at radius 3 is 2.75 bits per heavy atom. The first-order valence-electron chi connectivity index (χ1n) is 7.06. The first kappa shape index (κ1) is 16.4. The first-order chi connectivity index (χ1) is 9.15. The largest absolute Gasteiger partial charge is 0.327 e. The summed E-state index contributed by atoms with van der Waals surface area (Å²) in [5.74, 6) is 1.45. The number of likely N-dealkylation sites (tertiary alicyclic amines) is 1. The molecule has 0 spiro atoms. The smallest absolute Gasteiger partial charge is 0.0637 e. The molecule has 2 aliphatic rings. The Hall–Kier alpha value is 0.01000. The van der Waals surface area contributed by atoms with E-state index in [9.17, 15) is 0 Å². The average Bonchev–Trinajstić information content (AvgIpc) is 2.79. The van der Waals surface area contributed by atoms with E-state index in [2.05, 4.69) is 11.0 Å². The molecule has 2 N–H and O–H groups in total. The van der Waals surface area contributed by atoms with Crippen molar-refractivity contribution < 1.29 is 0 Å². The zero-order valence-electron chi connectivity index (χ0n) is 11.4. The van der Waals surface area contributed by atoms with E-state index >= 15 is 0 Å². The van der Waals surface area contributed by atoms with E-state index in [4.69, 9.17) is 28.9 Å². The third-order valence-corrected chi connectivity index (χ3v) is 5.51. The van der Waals surface area contributed by atoms with Gasteiger partial charge in [0.2, 0.25) is 0 Å². The normalized spacial score (nSPS) is 29.9. The van der Waals surface area contributed by atoms with Crippen molar-refractivity contribution in [3.05, 3.63) is 33.8 Å². The number of halogens is 3. The highest BCUT2D eigenvalue weighted by Gasteiger charge is 2.38. The topological polar surface area (TPSA) is 29.3 Å². The van der Waals surface area contributed by atoms with Gasteiger partial charge >= 0.3 is 0 Å². The molecular formula is C15H21Cl3N2. The van der Waals surface area contributed by atoms with Gasteiger partial charge in [-0.1, -0.05) is 41.8 Å². The summed E-state index contributed by atoms with van der Waals surface area (Å²) in [5, 5.41) is 1.34. The summed E-state index contributed by atoms with van der Waals surface area (Å²) in [6, 6.07) is 6.26. The van der Waals surface area contributed by atoms with Gasteiger partial charge in [-0.25, -0.2) is 0 Å². The van der Waals surface area contributed by atoms with Crippen LogP contribution in [-0.4, -0.2) is 24.0 Å². The number of fused-ring (bicyclic) bond motifs is 1.